The summed E-state index contributed by atoms with van der Waals surface area (Å²) in [6.07, 6.45) is 0. The highest BCUT2D eigenvalue weighted by atomic mass is 35.5. The van der Waals surface area contributed by atoms with E-state index in [-0.39, 0.29) is 47.4 Å². The number of amides is 1. The first-order valence-corrected chi connectivity index (χ1v) is 7.19. The second-order valence-corrected chi connectivity index (χ2v) is 5.28. The predicted octanol–water partition coefficient (Wildman–Crippen LogP) is 0.922. The molecule has 0 radical (unpaired) electrons. The van der Waals surface area contributed by atoms with Crippen molar-refractivity contribution in [3.63, 3.8) is 0 Å². The van der Waals surface area contributed by atoms with Crippen molar-refractivity contribution in [1.29, 1.82) is 0 Å². The number of benzene rings is 1. The van der Waals surface area contributed by atoms with E-state index in [9.17, 15) is 19.7 Å². The van der Waals surface area contributed by atoms with Crippen LogP contribution >= 0.6 is 11.6 Å². The van der Waals surface area contributed by atoms with Gasteiger partial charge >= 0.3 is 5.97 Å². The molecule has 0 spiro atoms. The summed E-state index contributed by atoms with van der Waals surface area (Å²) in [6, 6.07) is 3.89. The minimum Gasteiger partial charge on any atom is -0.466 e. The molecule has 0 unspecified atom stereocenters. The molecule has 1 heterocycles. The van der Waals surface area contributed by atoms with Crippen molar-refractivity contribution in [2.24, 2.45) is 0 Å². The Hall–Kier alpha value is -2.65. The van der Waals surface area contributed by atoms with E-state index in [0.29, 0.717) is 0 Å². The highest BCUT2D eigenvalue weighted by molar-refractivity contribution is 6.31. The van der Waals surface area contributed by atoms with Crippen molar-refractivity contribution in [1.82, 2.24) is 4.90 Å². The normalized spacial score (nSPS) is 14.1. The van der Waals surface area contributed by atoms with Gasteiger partial charge in [0, 0.05) is 17.6 Å². The Morgan fingerprint density at radius 1 is 1.54 bits per heavy atom. The summed E-state index contributed by atoms with van der Waals surface area (Å²) in [5, 5.41) is 22.9. The van der Waals surface area contributed by atoms with Gasteiger partial charge in [-0.05, 0) is 12.1 Å². The summed E-state index contributed by atoms with van der Waals surface area (Å²) in [4.78, 5) is 36.0. The topological polar surface area (TPSA) is 122 Å². The second-order valence-electron chi connectivity index (χ2n) is 4.84. The first-order valence-electron chi connectivity index (χ1n) is 6.81. The Kier molecular flexibility index (Phi) is 5.37. The van der Waals surface area contributed by atoms with E-state index < -0.39 is 16.8 Å². The average molecular weight is 356 g/mol. The number of nitrogens with one attached hydrogen (secondary N) is 1. The molecule has 2 rings (SSSR count). The third-order valence-electron chi connectivity index (χ3n) is 3.37. The standard InChI is InChI=1S/C14H14ClN3O6/c1-24-14(21)9-7-17(4-5-19)13(20)12(9)16-10-3-2-8(15)6-11(10)18(22)23/h2-3,6,16,19H,4-5,7H2,1H3. The van der Waals surface area contributed by atoms with E-state index in [0.717, 1.165) is 13.2 Å². The van der Waals surface area contributed by atoms with Crippen molar-refractivity contribution >= 4 is 34.9 Å². The van der Waals surface area contributed by atoms with Crippen molar-refractivity contribution in [3.8, 4) is 0 Å². The zero-order valence-corrected chi connectivity index (χ0v) is 13.4. The molecule has 1 amide bonds. The third kappa shape index (κ3) is 3.47. The second kappa shape index (κ2) is 7.28. The summed E-state index contributed by atoms with van der Waals surface area (Å²) >= 11 is 5.75. The predicted molar refractivity (Wildman–Crippen MR) is 84.4 cm³/mol. The SMILES string of the molecule is COC(=O)C1=C(Nc2ccc(Cl)cc2[N+](=O)[O-])C(=O)N(CCO)C1. The van der Waals surface area contributed by atoms with E-state index >= 15 is 0 Å². The van der Waals surface area contributed by atoms with Gasteiger partial charge in [-0.25, -0.2) is 4.79 Å². The van der Waals surface area contributed by atoms with Crippen LogP contribution in [0.1, 0.15) is 0 Å². The number of aliphatic hydroxyl groups excluding tert-OH is 1. The van der Waals surface area contributed by atoms with E-state index in [1.54, 1.807) is 0 Å². The van der Waals surface area contributed by atoms with Gasteiger partial charge in [0.15, 0.2) is 0 Å². The molecule has 0 atom stereocenters. The fourth-order valence-electron chi connectivity index (χ4n) is 2.25. The molecule has 0 saturated heterocycles. The largest absolute Gasteiger partial charge is 0.466 e. The Bertz CT molecular complexity index is 733. The molecule has 1 aliphatic heterocycles. The molecule has 2 N–H and O–H groups in total. The molecule has 0 aromatic heterocycles. The van der Waals surface area contributed by atoms with Gasteiger partial charge in [0.05, 0.1) is 30.8 Å². The van der Waals surface area contributed by atoms with E-state index in [1.165, 1.54) is 17.0 Å². The van der Waals surface area contributed by atoms with Crippen molar-refractivity contribution in [3.05, 3.63) is 44.6 Å². The fourth-order valence-corrected chi connectivity index (χ4v) is 2.41. The van der Waals surface area contributed by atoms with Crippen LogP contribution in [-0.2, 0) is 14.3 Å². The Balaban J connectivity index is 2.43. The molecular weight excluding hydrogens is 342 g/mol. The van der Waals surface area contributed by atoms with Gasteiger partial charge < -0.3 is 20.1 Å². The van der Waals surface area contributed by atoms with Gasteiger partial charge in [-0.15, -0.1) is 0 Å². The number of carbonyl (C=O) groups is 2. The number of hydrogen-bond donors (Lipinski definition) is 2. The number of halogens is 1. The molecular formula is C14H14ClN3O6. The number of anilines is 1. The van der Waals surface area contributed by atoms with Crippen LogP contribution in [0.4, 0.5) is 11.4 Å². The molecule has 9 nitrogen and oxygen atoms in total. The number of hydrogen-bond acceptors (Lipinski definition) is 7. The zero-order chi connectivity index (χ0) is 17.9. The van der Waals surface area contributed by atoms with Crippen LogP contribution in [0.25, 0.3) is 0 Å². The lowest BCUT2D eigenvalue weighted by Gasteiger charge is -2.15. The van der Waals surface area contributed by atoms with Crippen LogP contribution in [0.3, 0.4) is 0 Å². The number of nitrogens with zero attached hydrogens (tertiary/aromatic N) is 2. The number of carbonyl (C=O) groups excluding carboxylic acids is 2. The number of methoxy groups -OCH3 is 1. The summed E-state index contributed by atoms with van der Waals surface area (Å²) in [6.45, 7) is -0.322. The van der Waals surface area contributed by atoms with Gasteiger partial charge in [-0.3, -0.25) is 14.9 Å². The van der Waals surface area contributed by atoms with Crippen molar-refractivity contribution in [2.45, 2.75) is 0 Å². The van der Waals surface area contributed by atoms with Gasteiger partial charge in [0.25, 0.3) is 11.6 Å². The molecule has 0 aliphatic carbocycles. The molecule has 10 heteroatoms. The molecule has 128 valence electrons. The van der Waals surface area contributed by atoms with Crippen LogP contribution in [0.2, 0.25) is 5.02 Å². The number of ether oxygens (including phenoxy) is 1. The Morgan fingerprint density at radius 2 is 2.25 bits per heavy atom. The summed E-state index contributed by atoms with van der Waals surface area (Å²) in [7, 11) is 1.16. The first-order chi connectivity index (χ1) is 11.4. The monoisotopic (exact) mass is 355 g/mol. The maximum Gasteiger partial charge on any atom is 0.337 e. The van der Waals surface area contributed by atoms with Gasteiger partial charge in [-0.2, -0.15) is 0 Å². The number of rotatable bonds is 6. The lowest BCUT2D eigenvalue weighted by Crippen LogP contribution is -2.31. The van der Waals surface area contributed by atoms with Crippen LogP contribution in [0, 0.1) is 10.1 Å². The summed E-state index contributed by atoms with van der Waals surface area (Å²) < 4.78 is 4.64. The van der Waals surface area contributed by atoms with E-state index in [2.05, 4.69) is 10.1 Å². The highest BCUT2D eigenvalue weighted by Gasteiger charge is 2.35. The van der Waals surface area contributed by atoms with Crippen LogP contribution in [-0.4, -0.2) is 53.6 Å². The van der Waals surface area contributed by atoms with Crippen LogP contribution in [0.5, 0.6) is 0 Å². The highest BCUT2D eigenvalue weighted by Crippen LogP contribution is 2.31. The summed E-state index contributed by atoms with van der Waals surface area (Å²) in [5.41, 5.74) is -0.423. The van der Waals surface area contributed by atoms with Crippen molar-refractivity contribution < 1.29 is 24.4 Å². The quantitative estimate of drug-likeness (QED) is 0.442. The maximum atomic E-state index is 12.4. The number of aliphatic hydroxyl groups is 1. The van der Waals surface area contributed by atoms with Gasteiger partial charge in [0.2, 0.25) is 0 Å². The molecule has 1 aromatic rings. The minimum absolute atomic E-state index is 0.0139. The lowest BCUT2D eigenvalue weighted by molar-refractivity contribution is -0.383. The molecule has 24 heavy (non-hydrogen) atoms. The van der Waals surface area contributed by atoms with Gasteiger partial charge in [-0.1, -0.05) is 11.6 Å². The number of nitro groups is 1. The smallest absolute Gasteiger partial charge is 0.337 e. The lowest BCUT2D eigenvalue weighted by atomic mass is 10.2. The Labute approximate surface area is 141 Å². The van der Waals surface area contributed by atoms with Gasteiger partial charge in [0.1, 0.15) is 11.4 Å². The molecule has 1 aliphatic rings. The van der Waals surface area contributed by atoms with Crippen molar-refractivity contribution in [2.75, 3.05) is 32.1 Å². The third-order valence-corrected chi connectivity index (χ3v) is 3.60. The maximum absolute atomic E-state index is 12.4. The van der Waals surface area contributed by atoms with Crippen LogP contribution in [0.15, 0.2) is 29.5 Å². The number of nitro benzene ring substituents is 1. The zero-order valence-electron chi connectivity index (χ0n) is 12.6. The van der Waals surface area contributed by atoms with E-state index in [4.69, 9.17) is 16.7 Å². The molecule has 1 aromatic carbocycles. The molecule has 0 saturated carbocycles. The Morgan fingerprint density at radius 3 is 2.83 bits per heavy atom. The minimum atomic E-state index is -0.733. The number of esters is 1. The van der Waals surface area contributed by atoms with Crippen LogP contribution < -0.4 is 5.32 Å². The fraction of sp³-hybridized carbons (Fsp3) is 0.286. The number of β-amino-alcohol motifs (C(OH)–C–C–N with tert-alkyl or cyclic N) is 1. The average Bonchev–Trinajstić information content (AvgIpc) is 2.85. The summed E-state index contributed by atoms with van der Waals surface area (Å²) in [5.74, 6) is -1.29. The first kappa shape index (κ1) is 17.7. The molecule has 0 bridgehead atoms. The van der Waals surface area contributed by atoms with E-state index in [1.807, 2.05) is 0 Å². The molecule has 0 fully saturated rings.